The minimum atomic E-state index is -0.726. The molecule has 1 aliphatic carbocycles. The molecule has 5 nitrogen and oxygen atoms in total. The number of carbonyl (C=O) groups is 1. The Labute approximate surface area is 149 Å². The molecule has 1 heterocycles. The number of anilines is 1. The number of amides is 1. The first-order chi connectivity index (χ1) is 12.6. The van der Waals surface area contributed by atoms with E-state index in [4.69, 9.17) is 9.26 Å². The second-order valence-corrected chi connectivity index (χ2v) is 6.32. The van der Waals surface area contributed by atoms with Crippen LogP contribution in [0.15, 0.2) is 59.1 Å². The lowest BCUT2D eigenvalue weighted by Gasteiger charge is -2.13. The SMILES string of the molecule is COc1cccc(NC(=O)C2(c3cc(-c4ccccc4F)on3)CC2)c1. The average molecular weight is 352 g/mol. The molecule has 1 N–H and O–H groups in total. The lowest BCUT2D eigenvalue weighted by Crippen LogP contribution is -2.28. The summed E-state index contributed by atoms with van der Waals surface area (Å²) in [7, 11) is 1.57. The largest absolute Gasteiger partial charge is 0.497 e. The van der Waals surface area contributed by atoms with Crippen molar-refractivity contribution in [3.8, 4) is 17.1 Å². The molecule has 1 amide bonds. The normalized spacial score (nSPS) is 14.7. The van der Waals surface area contributed by atoms with Gasteiger partial charge in [0.1, 0.15) is 11.6 Å². The molecular weight excluding hydrogens is 335 g/mol. The maximum Gasteiger partial charge on any atom is 0.236 e. The number of benzene rings is 2. The van der Waals surface area contributed by atoms with E-state index in [9.17, 15) is 9.18 Å². The Kier molecular flexibility index (Phi) is 3.95. The van der Waals surface area contributed by atoms with E-state index in [1.807, 2.05) is 0 Å². The third-order valence-corrected chi connectivity index (χ3v) is 4.65. The second kappa shape index (κ2) is 6.29. The number of rotatable bonds is 5. The number of aromatic nitrogens is 1. The van der Waals surface area contributed by atoms with E-state index in [2.05, 4.69) is 10.5 Å². The highest BCUT2D eigenvalue weighted by molar-refractivity contribution is 6.01. The van der Waals surface area contributed by atoms with Gasteiger partial charge in [0.25, 0.3) is 0 Å². The van der Waals surface area contributed by atoms with Crippen LogP contribution in [0.5, 0.6) is 5.75 Å². The van der Waals surface area contributed by atoms with E-state index in [-0.39, 0.29) is 11.7 Å². The van der Waals surface area contributed by atoms with Crippen LogP contribution in [0.4, 0.5) is 10.1 Å². The molecule has 4 rings (SSSR count). The summed E-state index contributed by atoms with van der Waals surface area (Å²) in [6, 6.07) is 15.1. The smallest absolute Gasteiger partial charge is 0.236 e. The van der Waals surface area contributed by atoms with E-state index in [1.165, 1.54) is 6.07 Å². The summed E-state index contributed by atoms with van der Waals surface area (Å²) in [5.41, 5.74) is 0.778. The number of ether oxygens (including phenoxy) is 1. The Morgan fingerprint density at radius 2 is 2.00 bits per heavy atom. The molecule has 1 saturated carbocycles. The highest BCUT2D eigenvalue weighted by Crippen LogP contribution is 2.49. The number of hydrogen-bond donors (Lipinski definition) is 1. The summed E-state index contributed by atoms with van der Waals surface area (Å²) >= 11 is 0. The zero-order chi connectivity index (χ0) is 18.1. The summed E-state index contributed by atoms with van der Waals surface area (Å²) in [4.78, 5) is 12.8. The third kappa shape index (κ3) is 2.83. The van der Waals surface area contributed by atoms with Crippen molar-refractivity contribution in [2.75, 3.05) is 12.4 Å². The van der Waals surface area contributed by atoms with Gasteiger partial charge in [-0.3, -0.25) is 4.79 Å². The van der Waals surface area contributed by atoms with Crippen molar-refractivity contribution in [2.24, 2.45) is 0 Å². The molecule has 6 heteroatoms. The Bertz CT molecular complexity index is 963. The van der Waals surface area contributed by atoms with Gasteiger partial charge in [-0.15, -0.1) is 0 Å². The van der Waals surface area contributed by atoms with Crippen molar-refractivity contribution in [2.45, 2.75) is 18.3 Å². The van der Waals surface area contributed by atoms with Crippen molar-refractivity contribution in [3.63, 3.8) is 0 Å². The van der Waals surface area contributed by atoms with Gasteiger partial charge >= 0.3 is 0 Å². The van der Waals surface area contributed by atoms with E-state index in [0.29, 0.717) is 41.3 Å². The van der Waals surface area contributed by atoms with Gasteiger partial charge in [-0.2, -0.15) is 0 Å². The van der Waals surface area contributed by atoms with Crippen LogP contribution in [0, 0.1) is 5.82 Å². The first-order valence-electron chi connectivity index (χ1n) is 8.30. The highest BCUT2D eigenvalue weighted by atomic mass is 19.1. The van der Waals surface area contributed by atoms with Gasteiger partial charge < -0.3 is 14.6 Å². The molecule has 0 bridgehead atoms. The highest BCUT2D eigenvalue weighted by Gasteiger charge is 2.53. The molecule has 0 unspecified atom stereocenters. The Hall–Kier alpha value is -3.15. The Morgan fingerprint density at radius 1 is 1.19 bits per heavy atom. The number of nitrogens with zero attached hydrogens (tertiary/aromatic N) is 1. The first kappa shape index (κ1) is 16.3. The molecule has 1 aromatic heterocycles. The fraction of sp³-hybridized carbons (Fsp3) is 0.200. The molecule has 0 radical (unpaired) electrons. The molecule has 26 heavy (non-hydrogen) atoms. The van der Waals surface area contributed by atoms with Gasteiger partial charge in [-0.05, 0) is 37.1 Å². The van der Waals surface area contributed by atoms with Gasteiger partial charge in [0.05, 0.1) is 23.8 Å². The molecule has 2 aromatic carbocycles. The Morgan fingerprint density at radius 3 is 2.73 bits per heavy atom. The minimum Gasteiger partial charge on any atom is -0.497 e. The minimum absolute atomic E-state index is 0.154. The molecule has 0 atom stereocenters. The molecule has 1 aliphatic rings. The van der Waals surface area contributed by atoms with Crippen molar-refractivity contribution in [1.29, 1.82) is 0 Å². The van der Waals surface area contributed by atoms with E-state index in [1.54, 1.807) is 55.6 Å². The molecule has 1 fully saturated rings. The fourth-order valence-corrected chi connectivity index (χ4v) is 2.96. The zero-order valence-electron chi connectivity index (χ0n) is 14.2. The van der Waals surface area contributed by atoms with Crippen LogP contribution in [0.3, 0.4) is 0 Å². The van der Waals surface area contributed by atoms with Crippen LogP contribution in [0.25, 0.3) is 11.3 Å². The molecule has 0 saturated heterocycles. The van der Waals surface area contributed by atoms with Gasteiger partial charge in [0, 0.05) is 17.8 Å². The first-order valence-corrected chi connectivity index (χ1v) is 8.30. The summed E-state index contributed by atoms with van der Waals surface area (Å²) in [6.07, 6.45) is 1.35. The predicted molar refractivity (Wildman–Crippen MR) is 94.4 cm³/mol. The summed E-state index contributed by atoms with van der Waals surface area (Å²) in [5, 5.41) is 6.94. The van der Waals surface area contributed by atoms with Crippen LogP contribution in [-0.2, 0) is 10.2 Å². The van der Waals surface area contributed by atoms with Crippen molar-refractivity contribution >= 4 is 11.6 Å². The monoisotopic (exact) mass is 352 g/mol. The average Bonchev–Trinajstić information content (AvgIpc) is 3.33. The van der Waals surface area contributed by atoms with Crippen LogP contribution in [-0.4, -0.2) is 18.2 Å². The van der Waals surface area contributed by atoms with Crippen molar-refractivity contribution in [1.82, 2.24) is 5.16 Å². The molecule has 0 aliphatic heterocycles. The van der Waals surface area contributed by atoms with Gasteiger partial charge in [-0.25, -0.2) is 4.39 Å². The van der Waals surface area contributed by atoms with Gasteiger partial charge in [0.15, 0.2) is 5.76 Å². The predicted octanol–water partition coefficient (Wildman–Crippen LogP) is 4.16. The molecule has 3 aromatic rings. The number of nitrogens with one attached hydrogen (secondary N) is 1. The van der Waals surface area contributed by atoms with Crippen molar-refractivity contribution < 1.29 is 18.4 Å². The van der Waals surface area contributed by atoms with E-state index >= 15 is 0 Å². The van der Waals surface area contributed by atoms with Crippen LogP contribution in [0.1, 0.15) is 18.5 Å². The molecule has 0 spiro atoms. The lowest BCUT2D eigenvalue weighted by molar-refractivity contribution is -0.118. The number of carbonyl (C=O) groups excluding carboxylic acids is 1. The van der Waals surface area contributed by atoms with E-state index in [0.717, 1.165) is 0 Å². The van der Waals surface area contributed by atoms with Crippen LogP contribution in [0.2, 0.25) is 0 Å². The standard InChI is InChI=1S/C20H17FN2O3/c1-25-14-6-4-5-13(11-14)22-19(24)20(9-10-20)18-12-17(26-23-18)15-7-2-3-8-16(15)21/h2-8,11-12H,9-10H2,1H3,(H,22,24). The number of hydrogen-bond acceptors (Lipinski definition) is 4. The zero-order valence-corrected chi connectivity index (χ0v) is 14.2. The van der Waals surface area contributed by atoms with E-state index < -0.39 is 5.41 Å². The summed E-state index contributed by atoms with van der Waals surface area (Å²) in [6.45, 7) is 0. The summed E-state index contributed by atoms with van der Waals surface area (Å²) in [5.74, 6) is 0.439. The molecular formula is C20H17FN2O3. The van der Waals surface area contributed by atoms with Crippen LogP contribution >= 0.6 is 0 Å². The third-order valence-electron chi connectivity index (χ3n) is 4.65. The fourth-order valence-electron chi connectivity index (χ4n) is 2.96. The van der Waals surface area contributed by atoms with Gasteiger partial charge in [0.2, 0.25) is 5.91 Å². The quantitative estimate of drug-likeness (QED) is 0.749. The topological polar surface area (TPSA) is 64.4 Å². The summed E-state index contributed by atoms with van der Waals surface area (Å²) < 4.78 is 24.4. The number of halogens is 1. The maximum atomic E-state index is 13.9. The van der Waals surface area contributed by atoms with Crippen LogP contribution < -0.4 is 10.1 Å². The molecule has 132 valence electrons. The maximum absolute atomic E-state index is 13.9. The second-order valence-electron chi connectivity index (χ2n) is 6.32. The Balaban J connectivity index is 1.57. The number of methoxy groups -OCH3 is 1. The lowest BCUT2D eigenvalue weighted by atomic mass is 10.00. The van der Waals surface area contributed by atoms with Crippen molar-refractivity contribution in [3.05, 3.63) is 66.1 Å². The van der Waals surface area contributed by atoms with Gasteiger partial charge in [-0.1, -0.05) is 23.4 Å².